The van der Waals surface area contributed by atoms with Crippen LogP contribution in [0.15, 0.2) is 48.2 Å². The Morgan fingerprint density at radius 1 is 1.19 bits per heavy atom. The van der Waals surface area contributed by atoms with Crippen LogP contribution in [-0.2, 0) is 11.3 Å². The predicted octanol–water partition coefficient (Wildman–Crippen LogP) is 5.20. The quantitative estimate of drug-likeness (QED) is 0.528. The van der Waals surface area contributed by atoms with E-state index in [1.807, 2.05) is 18.9 Å². The van der Waals surface area contributed by atoms with E-state index < -0.39 is 17.8 Å². The number of benzene rings is 2. The lowest BCUT2D eigenvalue weighted by Gasteiger charge is -2.40. The summed E-state index contributed by atoms with van der Waals surface area (Å²) in [4.78, 5) is 28.3. The third-order valence-electron chi connectivity index (χ3n) is 5.88. The van der Waals surface area contributed by atoms with Crippen LogP contribution < -0.4 is 10.2 Å². The van der Waals surface area contributed by atoms with Gasteiger partial charge in [0.2, 0.25) is 0 Å². The summed E-state index contributed by atoms with van der Waals surface area (Å²) < 4.78 is 15.0. The van der Waals surface area contributed by atoms with Gasteiger partial charge in [0.15, 0.2) is 0 Å². The van der Waals surface area contributed by atoms with Crippen molar-refractivity contribution in [3.63, 3.8) is 0 Å². The van der Waals surface area contributed by atoms with Crippen LogP contribution in [0, 0.1) is 5.82 Å². The normalized spacial score (nSPS) is 18.9. The summed E-state index contributed by atoms with van der Waals surface area (Å²) in [5.74, 6) is -0.984. The van der Waals surface area contributed by atoms with Gasteiger partial charge in [-0.25, -0.2) is 9.18 Å². The maximum absolute atomic E-state index is 15.0. The molecule has 7 heteroatoms. The lowest BCUT2D eigenvalue weighted by molar-refractivity contribution is -0.123. The molecule has 1 N–H and O–H groups in total. The molecule has 0 unspecified atom stereocenters. The Labute approximate surface area is 185 Å². The molecule has 0 spiro atoms. The van der Waals surface area contributed by atoms with Crippen molar-refractivity contribution in [3.8, 4) is 0 Å². The van der Waals surface area contributed by atoms with Crippen molar-refractivity contribution in [2.45, 2.75) is 32.9 Å². The number of carbonyl (C=O) groups excluding carboxylic acids is 2. The van der Waals surface area contributed by atoms with Gasteiger partial charge in [0, 0.05) is 28.9 Å². The minimum atomic E-state index is -0.563. The zero-order valence-corrected chi connectivity index (χ0v) is 18.5. The monoisotopic (exact) mass is 439 g/mol. The maximum atomic E-state index is 15.0. The number of amides is 3. The molecule has 0 bridgehead atoms. The van der Waals surface area contributed by atoms with Crippen molar-refractivity contribution in [1.82, 2.24) is 10.2 Å². The molecule has 1 fully saturated rings. The van der Waals surface area contributed by atoms with Crippen molar-refractivity contribution in [2.24, 2.45) is 0 Å². The lowest BCUT2D eigenvalue weighted by atomic mass is 9.88. The van der Waals surface area contributed by atoms with Crippen LogP contribution in [0.2, 0.25) is 5.02 Å². The van der Waals surface area contributed by atoms with Crippen LogP contribution in [0.1, 0.15) is 37.5 Å². The number of imide groups is 1. The van der Waals surface area contributed by atoms with Crippen molar-refractivity contribution >= 4 is 40.9 Å². The first-order valence-corrected chi connectivity index (χ1v) is 10.3. The predicted molar refractivity (Wildman–Crippen MR) is 121 cm³/mol. The van der Waals surface area contributed by atoms with Gasteiger partial charge in [-0.15, -0.1) is 0 Å². The second-order valence-corrected chi connectivity index (χ2v) is 8.81. The standard InChI is InChI=1S/C24H23ClFN3O2/c1-14-12-24(2,3)28(4)21-11-19(26)16(9-17(14)21)10-20-22(30)29(23(31)27-20)13-15-7-5-6-8-18(15)25/h5-12H,13H2,1-4H3,(H,27,31)/b20-10+. The third kappa shape index (κ3) is 3.72. The van der Waals surface area contributed by atoms with Gasteiger partial charge in [-0.1, -0.05) is 35.9 Å². The number of carbonyl (C=O) groups is 2. The van der Waals surface area contributed by atoms with Gasteiger partial charge in [-0.2, -0.15) is 0 Å². The molecule has 2 aromatic carbocycles. The summed E-state index contributed by atoms with van der Waals surface area (Å²) in [6.07, 6.45) is 3.51. The van der Waals surface area contributed by atoms with Crippen LogP contribution in [-0.4, -0.2) is 29.4 Å². The smallest absolute Gasteiger partial charge is 0.329 e. The molecule has 2 aliphatic rings. The number of halogens is 2. The van der Waals surface area contributed by atoms with Crippen LogP contribution in [0.3, 0.4) is 0 Å². The van der Waals surface area contributed by atoms with E-state index in [0.717, 1.165) is 21.7 Å². The highest BCUT2D eigenvalue weighted by atomic mass is 35.5. The Kier molecular flexibility index (Phi) is 5.13. The van der Waals surface area contributed by atoms with E-state index in [-0.39, 0.29) is 23.3 Å². The molecular formula is C24H23ClFN3O2. The summed E-state index contributed by atoms with van der Waals surface area (Å²) in [7, 11) is 1.92. The van der Waals surface area contributed by atoms with E-state index in [1.165, 1.54) is 12.1 Å². The van der Waals surface area contributed by atoms with E-state index in [9.17, 15) is 14.0 Å². The highest BCUT2D eigenvalue weighted by molar-refractivity contribution is 6.31. The molecule has 0 radical (unpaired) electrons. The Hall–Kier alpha value is -3.12. The van der Waals surface area contributed by atoms with Crippen molar-refractivity contribution < 1.29 is 14.0 Å². The average Bonchev–Trinajstić information content (AvgIpc) is 2.96. The first kappa shape index (κ1) is 21.1. The Balaban J connectivity index is 1.67. The minimum Gasteiger partial charge on any atom is -0.365 e. The second kappa shape index (κ2) is 7.54. The summed E-state index contributed by atoms with van der Waals surface area (Å²) in [6, 6.07) is 9.63. The fourth-order valence-corrected chi connectivity index (χ4v) is 4.16. The van der Waals surface area contributed by atoms with Gasteiger partial charge in [0.1, 0.15) is 11.5 Å². The number of nitrogens with zero attached hydrogens (tertiary/aromatic N) is 2. The minimum absolute atomic E-state index is 0.0297. The Morgan fingerprint density at radius 2 is 1.90 bits per heavy atom. The van der Waals surface area contributed by atoms with Gasteiger partial charge in [0.05, 0.1) is 12.1 Å². The van der Waals surface area contributed by atoms with E-state index in [1.54, 1.807) is 30.3 Å². The third-order valence-corrected chi connectivity index (χ3v) is 6.25. The number of urea groups is 1. The van der Waals surface area contributed by atoms with Crippen LogP contribution in [0.25, 0.3) is 11.6 Å². The molecule has 3 amide bonds. The summed E-state index contributed by atoms with van der Waals surface area (Å²) in [6.45, 7) is 6.15. The van der Waals surface area contributed by atoms with Gasteiger partial charge < -0.3 is 10.2 Å². The molecule has 2 aromatic rings. The number of allylic oxidation sites excluding steroid dienone is 1. The molecule has 0 atom stereocenters. The SMILES string of the molecule is CC1=CC(C)(C)N(C)c2cc(F)c(/C=C3/NC(=O)N(Cc4ccccc4Cl)C3=O)cc21. The first-order valence-electron chi connectivity index (χ1n) is 9.93. The highest BCUT2D eigenvalue weighted by Crippen LogP contribution is 2.39. The van der Waals surface area contributed by atoms with E-state index >= 15 is 0 Å². The molecule has 1 saturated heterocycles. The van der Waals surface area contributed by atoms with E-state index in [4.69, 9.17) is 11.6 Å². The molecule has 4 rings (SSSR count). The number of rotatable bonds is 3. The molecule has 160 valence electrons. The highest BCUT2D eigenvalue weighted by Gasteiger charge is 2.34. The van der Waals surface area contributed by atoms with Crippen LogP contribution >= 0.6 is 11.6 Å². The zero-order valence-electron chi connectivity index (χ0n) is 17.8. The van der Waals surface area contributed by atoms with E-state index in [2.05, 4.69) is 25.2 Å². The molecule has 2 heterocycles. The molecule has 0 saturated carbocycles. The second-order valence-electron chi connectivity index (χ2n) is 8.40. The molecular weight excluding hydrogens is 417 g/mol. The van der Waals surface area contributed by atoms with E-state index in [0.29, 0.717) is 10.6 Å². The first-order chi connectivity index (χ1) is 14.6. The summed E-state index contributed by atoms with van der Waals surface area (Å²) in [5, 5.41) is 3.01. The van der Waals surface area contributed by atoms with Gasteiger partial charge in [-0.3, -0.25) is 9.69 Å². The number of hydrogen-bond acceptors (Lipinski definition) is 3. The number of hydrogen-bond donors (Lipinski definition) is 1. The van der Waals surface area contributed by atoms with Crippen molar-refractivity contribution in [2.75, 3.05) is 11.9 Å². The fourth-order valence-electron chi connectivity index (χ4n) is 3.97. The topological polar surface area (TPSA) is 52.7 Å². The maximum Gasteiger partial charge on any atom is 0.329 e. The molecule has 0 aliphatic carbocycles. The summed E-state index contributed by atoms with van der Waals surface area (Å²) in [5.41, 5.74) is 3.38. The van der Waals surface area contributed by atoms with Gasteiger partial charge >= 0.3 is 6.03 Å². The van der Waals surface area contributed by atoms with Gasteiger partial charge in [-0.05, 0) is 56.2 Å². The zero-order chi connectivity index (χ0) is 22.5. The largest absolute Gasteiger partial charge is 0.365 e. The molecule has 0 aromatic heterocycles. The van der Waals surface area contributed by atoms with Gasteiger partial charge in [0.25, 0.3) is 5.91 Å². The molecule has 2 aliphatic heterocycles. The Morgan fingerprint density at radius 3 is 2.61 bits per heavy atom. The van der Waals surface area contributed by atoms with Crippen molar-refractivity contribution in [1.29, 1.82) is 0 Å². The number of anilines is 1. The number of fused-ring (bicyclic) bond motifs is 1. The average molecular weight is 440 g/mol. The number of nitrogens with one attached hydrogen (secondary N) is 1. The summed E-state index contributed by atoms with van der Waals surface area (Å²) >= 11 is 6.15. The fraction of sp³-hybridized carbons (Fsp3) is 0.250. The molecule has 31 heavy (non-hydrogen) atoms. The number of likely N-dealkylation sites (N-methyl/N-ethyl adjacent to an activating group) is 1. The Bertz CT molecular complexity index is 1170. The lowest BCUT2D eigenvalue weighted by Crippen LogP contribution is -2.42. The molecule has 5 nitrogen and oxygen atoms in total. The van der Waals surface area contributed by atoms with Crippen LogP contribution in [0.5, 0.6) is 0 Å². The van der Waals surface area contributed by atoms with Crippen LogP contribution in [0.4, 0.5) is 14.9 Å². The van der Waals surface area contributed by atoms with Crippen molar-refractivity contribution in [3.05, 3.63) is 75.7 Å².